The number of nitrogens with zero attached hydrogens (tertiary/aromatic N) is 4. The number of rotatable bonds is 10. The summed E-state index contributed by atoms with van der Waals surface area (Å²) in [4.78, 5) is 4.25. The molecule has 1 fully saturated rings. The van der Waals surface area contributed by atoms with E-state index in [0.717, 1.165) is 51.5 Å². The van der Waals surface area contributed by atoms with E-state index in [9.17, 15) is 0 Å². The van der Waals surface area contributed by atoms with E-state index in [-0.39, 0.29) is 0 Å². The average Bonchev–Trinajstić information content (AvgIpc) is 3.14. The molecular formula is C17H32N6O. The van der Waals surface area contributed by atoms with Crippen LogP contribution in [0.15, 0.2) is 17.6 Å². The van der Waals surface area contributed by atoms with Crippen LogP contribution in [0.2, 0.25) is 0 Å². The first-order valence-corrected chi connectivity index (χ1v) is 9.27. The summed E-state index contributed by atoms with van der Waals surface area (Å²) in [6.45, 7) is 3.61. The Balaban J connectivity index is 1.43. The maximum Gasteiger partial charge on any atom is 0.190 e. The van der Waals surface area contributed by atoms with Gasteiger partial charge in [0.25, 0.3) is 0 Å². The fourth-order valence-corrected chi connectivity index (χ4v) is 2.95. The zero-order valence-corrected chi connectivity index (χ0v) is 14.9. The van der Waals surface area contributed by atoms with Gasteiger partial charge < -0.3 is 19.9 Å². The Morgan fingerprint density at radius 1 is 1.08 bits per heavy atom. The van der Waals surface area contributed by atoms with Crippen molar-refractivity contribution in [3.63, 3.8) is 0 Å². The number of nitrogens with one attached hydrogen (secondary N) is 2. The van der Waals surface area contributed by atoms with Crippen molar-refractivity contribution in [3.05, 3.63) is 12.7 Å². The van der Waals surface area contributed by atoms with Gasteiger partial charge in [0.2, 0.25) is 0 Å². The molecule has 0 saturated heterocycles. The molecule has 7 nitrogen and oxygen atoms in total. The summed E-state index contributed by atoms with van der Waals surface area (Å²) in [6, 6.07) is 0. The van der Waals surface area contributed by atoms with Crippen LogP contribution in [-0.4, -0.2) is 53.6 Å². The summed E-state index contributed by atoms with van der Waals surface area (Å²) in [5, 5.41) is 14.3. The van der Waals surface area contributed by atoms with Crippen LogP contribution in [0.4, 0.5) is 0 Å². The van der Waals surface area contributed by atoms with Crippen molar-refractivity contribution in [3.8, 4) is 0 Å². The van der Waals surface area contributed by atoms with Crippen molar-refractivity contribution < 1.29 is 4.74 Å². The minimum atomic E-state index is 0.502. The highest BCUT2D eigenvalue weighted by Gasteiger charge is 2.12. The van der Waals surface area contributed by atoms with E-state index in [0.29, 0.717) is 6.10 Å². The Morgan fingerprint density at radius 2 is 1.79 bits per heavy atom. The average molecular weight is 336 g/mol. The Kier molecular flexibility index (Phi) is 9.23. The molecular weight excluding hydrogens is 304 g/mol. The molecule has 0 aliphatic heterocycles. The van der Waals surface area contributed by atoms with Crippen LogP contribution in [0, 0.1) is 0 Å². The zero-order chi connectivity index (χ0) is 16.9. The van der Waals surface area contributed by atoms with Crippen molar-refractivity contribution >= 4 is 5.96 Å². The van der Waals surface area contributed by atoms with Gasteiger partial charge in [-0.15, -0.1) is 10.2 Å². The monoisotopic (exact) mass is 336 g/mol. The summed E-state index contributed by atoms with van der Waals surface area (Å²) >= 11 is 0. The summed E-state index contributed by atoms with van der Waals surface area (Å²) in [6.07, 6.45) is 13.7. The normalized spacial score (nSPS) is 16.3. The maximum absolute atomic E-state index is 5.93. The number of aryl methyl sites for hydroxylation is 1. The van der Waals surface area contributed by atoms with Gasteiger partial charge in [-0.05, 0) is 32.1 Å². The molecule has 0 atom stereocenters. The second-order valence-electron chi connectivity index (χ2n) is 6.32. The molecule has 2 rings (SSSR count). The van der Waals surface area contributed by atoms with Gasteiger partial charge in [-0.25, -0.2) is 0 Å². The zero-order valence-electron chi connectivity index (χ0n) is 14.9. The highest BCUT2D eigenvalue weighted by molar-refractivity contribution is 5.79. The number of hydrogen-bond donors (Lipinski definition) is 2. The van der Waals surface area contributed by atoms with E-state index in [1.807, 2.05) is 11.6 Å². The minimum absolute atomic E-state index is 0.502. The van der Waals surface area contributed by atoms with Crippen LogP contribution in [0.5, 0.6) is 0 Å². The van der Waals surface area contributed by atoms with E-state index in [1.165, 1.54) is 32.1 Å². The van der Waals surface area contributed by atoms with Gasteiger partial charge in [0.05, 0.1) is 6.10 Å². The lowest BCUT2D eigenvalue weighted by molar-refractivity contribution is 0.0277. The molecule has 0 spiro atoms. The second-order valence-corrected chi connectivity index (χ2v) is 6.32. The molecule has 1 aromatic heterocycles. The quantitative estimate of drug-likeness (QED) is 0.388. The molecule has 0 amide bonds. The number of unbranched alkanes of at least 4 members (excludes halogenated alkanes) is 1. The summed E-state index contributed by atoms with van der Waals surface area (Å²) in [7, 11) is 1.81. The maximum atomic E-state index is 5.93. The molecule has 7 heteroatoms. The van der Waals surface area contributed by atoms with Crippen molar-refractivity contribution in [2.24, 2.45) is 4.99 Å². The lowest BCUT2D eigenvalue weighted by Gasteiger charge is -2.22. The fraction of sp³-hybridized carbons (Fsp3) is 0.824. The molecule has 0 aromatic carbocycles. The molecule has 0 radical (unpaired) electrons. The van der Waals surface area contributed by atoms with Gasteiger partial charge in [0.1, 0.15) is 12.7 Å². The van der Waals surface area contributed by atoms with Gasteiger partial charge in [-0.3, -0.25) is 4.99 Å². The standard InChI is InChI=1S/C17H32N6O/c1-18-17(19-10-5-6-12-23-14-21-22-15-23)20-11-7-13-24-16-8-3-2-4-9-16/h14-16H,2-13H2,1H3,(H2,18,19,20). The molecule has 0 bridgehead atoms. The third-order valence-electron chi connectivity index (χ3n) is 4.35. The van der Waals surface area contributed by atoms with E-state index < -0.39 is 0 Å². The van der Waals surface area contributed by atoms with Crippen molar-refractivity contribution in [2.45, 2.75) is 64.0 Å². The van der Waals surface area contributed by atoms with Crippen LogP contribution >= 0.6 is 0 Å². The number of aliphatic imine (C=N–C) groups is 1. The molecule has 24 heavy (non-hydrogen) atoms. The highest BCUT2D eigenvalue weighted by Crippen LogP contribution is 2.20. The molecule has 1 heterocycles. The summed E-state index contributed by atoms with van der Waals surface area (Å²) < 4.78 is 7.93. The second kappa shape index (κ2) is 11.8. The minimum Gasteiger partial charge on any atom is -0.378 e. The molecule has 1 aromatic rings. The van der Waals surface area contributed by atoms with Crippen LogP contribution in [-0.2, 0) is 11.3 Å². The summed E-state index contributed by atoms with van der Waals surface area (Å²) in [5.41, 5.74) is 0. The van der Waals surface area contributed by atoms with Gasteiger partial charge in [-0.2, -0.15) is 0 Å². The number of hydrogen-bond acceptors (Lipinski definition) is 4. The van der Waals surface area contributed by atoms with E-state index >= 15 is 0 Å². The summed E-state index contributed by atoms with van der Waals surface area (Å²) in [5.74, 6) is 0.872. The smallest absolute Gasteiger partial charge is 0.190 e. The Bertz CT molecular complexity index is 442. The Morgan fingerprint density at radius 3 is 2.50 bits per heavy atom. The van der Waals surface area contributed by atoms with Gasteiger partial charge in [-0.1, -0.05) is 19.3 Å². The SMILES string of the molecule is CN=C(NCCCCn1cnnc1)NCCCOC1CCCCC1. The van der Waals surface area contributed by atoms with Gasteiger partial charge in [0.15, 0.2) is 5.96 Å². The van der Waals surface area contributed by atoms with E-state index in [2.05, 4.69) is 25.8 Å². The van der Waals surface area contributed by atoms with Crippen LogP contribution in [0.1, 0.15) is 51.4 Å². The first-order valence-electron chi connectivity index (χ1n) is 9.27. The molecule has 136 valence electrons. The molecule has 1 aliphatic rings. The van der Waals surface area contributed by atoms with Gasteiger partial charge >= 0.3 is 0 Å². The first-order chi connectivity index (χ1) is 11.9. The predicted octanol–water partition coefficient (Wildman–Crippen LogP) is 1.96. The Hall–Kier alpha value is -1.63. The van der Waals surface area contributed by atoms with Crippen LogP contribution < -0.4 is 10.6 Å². The number of ether oxygens (including phenoxy) is 1. The third kappa shape index (κ3) is 7.77. The van der Waals surface area contributed by atoms with E-state index in [4.69, 9.17) is 4.74 Å². The molecule has 1 aliphatic carbocycles. The van der Waals surface area contributed by atoms with Gasteiger partial charge in [0, 0.05) is 33.3 Å². The first kappa shape index (κ1) is 18.7. The third-order valence-corrected chi connectivity index (χ3v) is 4.35. The molecule has 0 unspecified atom stereocenters. The number of guanidine groups is 1. The highest BCUT2D eigenvalue weighted by atomic mass is 16.5. The predicted molar refractivity (Wildman–Crippen MR) is 96.1 cm³/mol. The van der Waals surface area contributed by atoms with Crippen LogP contribution in [0.3, 0.4) is 0 Å². The fourth-order valence-electron chi connectivity index (χ4n) is 2.95. The Labute approximate surface area is 145 Å². The largest absolute Gasteiger partial charge is 0.378 e. The van der Waals surface area contributed by atoms with Crippen molar-refractivity contribution in [2.75, 3.05) is 26.7 Å². The topological polar surface area (TPSA) is 76.4 Å². The van der Waals surface area contributed by atoms with Crippen molar-refractivity contribution in [1.29, 1.82) is 0 Å². The van der Waals surface area contributed by atoms with Crippen molar-refractivity contribution in [1.82, 2.24) is 25.4 Å². The lowest BCUT2D eigenvalue weighted by atomic mass is 9.98. The van der Waals surface area contributed by atoms with Crippen LogP contribution in [0.25, 0.3) is 0 Å². The number of aromatic nitrogens is 3. The van der Waals surface area contributed by atoms with E-state index in [1.54, 1.807) is 12.7 Å². The lowest BCUT2D eigenvalue weighted by Crippen LogP contribution is -2.38. The molecule has 2 N–H and O–H groups in total. The molecule has 1 saturated carbocycles.